The molecule has 6 nitrogen and oxygen atoms in total. The summed E-state index contributed by atoms with van der Waals surface area (Å²) in [7, 11) is 1.54. The van der Waals surface area contributed by atoms with Crippen molar-refractivity contribution in [2.45, 2.75) is 32.9 Å². The van der Waals surface area contributed by atoms with Crippen LogP contribution >= 0.6 is 11.6 Å². The number of ether oxygens (including phenoxy) is 2. The Morgan fingerprint density at radius 2 is 1.79 bits per heavy atom. The molecule has 8 heteroatoms. The van der Waals surface area contributed by atoms with Crippen molar-refractivity contribution >= 4 is 28.5 Å². The van der Waals surface area contributed by atoms with Gasteiger partial charge in [0.2, 0.25) is 5.76 Å². The smallest absolute Gasteiger partial charge is 0.291 e. The first-order valence-electron chi connectivity index (χ1n) is 12.4. The Balaban J connectivity index is 1.63. The zero-order chi connectivity index (χ0) is 27.0. The maximum absolute atomic E-state index is 13.8. The minimum Gasteiger partial charge on any atom is -0.493 e. The van der Waals surface area contributed by atoms with Crippen molar-refractivity contribution in [3.8, 4) is 11.5 Å². The summed E-state index contributed by atoms with van der Waals surface area (Å²) in [5, 5.41) is 0.677. The van der Waals surface area contributed by atoms with Gasteiger partial charge in [0.05, 0.1) is 30.7 Å². The molecule has 3 aromatic carbocycles. The van der Waals surface area contributed by atoms with Gasteiger partial charge in [-0.05, 0) is 65.9 Å². The summed E-state index contributed by atoms with van der Waals surface area (Å²) in [5.41, 5.74) is 1.53. The lowest BCUT2D eigenvalue weighted by Crippen LogP contribution is -2.29. The second-order valence-corrected chi connectivity index (χ2v) is 10.2. The maximum Gasteiger partial charge on any atom is 0.291 e. The third-order valence-corrected chi connectivity index (χ3v) is 6.89. The largest absolute Gasteiger partial charge is 0.493 e. The number of nitrogens with zero attached hydrogens (tertiary/aromatic N) is 1. The third-order valence-electron chi connectivity index (χ3n) is 6.65. The standard InChI is InChI=1S/C30H27ClFNO5/c1-17(2)12-13-37-24-10-6-19(14-25(24)36-3)27-26-28(34)22-15-20(31)7-11-23(22)38-29(26)30(35)33(27)16-18-4-8-21(32)9-5-18/h4-11,14-15,17,27H,12-13,16H2,1-3H3. The van der Waals surface area contributed by atoms with Gasteiger partial charge in [-0.2, -0.15) is 0 Å². The van der Waals surface area contributed by atoms with Crippen LogP contribution < -0.4 is 14.9 Å². The molecule has 38 heavy (non-hydrogen) atoms. The van der Waals surface area contributed by atoms with E-state index in [9.17, 15) is 14.0 Å². The van der Waals surface area contributed by atoms with Crippen molar-refractivity contribution in [2.75, 3.05) is 13.7 Å². The number of amides is 1. The summed E-state index contributed by atoms with van der Waals surface area (Å²) in [4.78, 5) is 29.0. The van der Waals surface area contributed by atoms with Gasteiger partial charge >= 0.3 is 0 Å². The molecule has 1 aliphatic heterocycles. The van der Waals surface area contributed by atoms with Crippen molar-refractivity contribution < 1.29 is 23.1 Å². The molecular weight excluding hydrogens is 509 g/mol. The molecule has 2 heterocycles. The maximum atomic E-state index is 13.8. The predicted molar refractivity (Wildman–Crippen MR) is 144 cm³/mol. The van der Waals surface area contributed by atoms with Gasteiger partial charge in [0.15, 0.2) is 16.9 Å². The van der Waals surface area contributed by atoms with Gasteiger partial charge in [0.1, 0.15) is 11.4 Å². The van der Waals surface area contributed by atoms with E-state index in [4.69, 9.17) is 25.5 Å². The first kappa shape index (κ1) is 25.8. The van der Waals surface area contributed by atoms with Gasteiger partial charge in [0, 0.05) is 11.6 Å². The van der Waals surface area contributed by atoms with E-state index in [2.05, 4.69) is 13.8 Å². The summed E-state index contributed by atoms with van der Waals surface area (Å²) in [6.07, 6.45) is 0.886. The molecule has 0 spiro atoms. The van der Waals surface area contributed by atoms with Gasteiger partial charge in [-0.25, -0.2) is 4.39 Å². The van der Waals surface area contributed by atoms with Gasteiger partial charge < -0.3 is 18.8 Å². The van der Waals surface area contributed by atoms with Crippen LogP contribution in [0.15, 0.2) is 69.9 Å². The SMILES string of the molecule is COc1cc(C2c3c(oc4ccc(Cl)cc4c3=O)C(=O)N2Cc2ccc(F)cc2)ccc1OCCC(C)C. The minimum atomic E-state index is -0.763. The summed E-state index contributed by atoms with van der Waals surface area (Å²) < 4.78 is 31.1. The minimum absolute atomic E-state index is 0.0202. The lowest BCUT2D eigenvalue weighted by molar-refractivity contribution is 0.0714. The Morgan fingerprint density at radius 3 is 2.50 bits per heavy atom. The zero-order valence-corrected chi connectivity index (χ0v) is 22.0. The molecule has 1 amide bonds. The average molecular weight is 536 g/mol. The normalized spacial score (nSPS) is 14.8. The molecule has 5 rings (SSSR count). The highest BCUT2D eigenvalue weighted by Gasteiger charge is 2.43. The number of hydrogen-bond acceptors (Lipinski definition) is 5. The first-order chi connectivity index (χ1) is 18.3. The van der Waals surface area contributed by atoms with E-state index in [-0.39, 0.29) is 34.7 Å². The molecule has 0 N–H and O–H groups in total. The van der Waals surface area contributed by atoms with Crippen LogP contribution in [-0.4, -0.2) is 24.5 Å². The molecule has 196 valence electrons. The van der Waals surface area contributed by atoms with Gasteiger partial charge in [-0.3, -0.25) is 9.59 Å². The quantitative estimate of drug-likeness (QED) is 0.249. The summed E-state index contributed by atoms with van der Waals surface area (Å²) in [6, 6.07) is 15.2. The fourth-order valence-corrected chi connectivity index (χ4v) is 4.84. The van der Waals surface area contributed by atoms with E-state index in [1.54, 1.807) is 54.5 Å². The lowest BCUT2D eigenvalue weighted by Gasteiger charge is -2.26. The highest BCUT2D eigenvalue weighted by atomic mass is 35.5. The fraction of sp³-hybridized carbons (Fsp3) is 0.267. The molecule has 1 aliphatic rings. The Morgan fingerprint density at radius 1 is 1.03 bits per heavy atom. The second-order valence-electron chi connectivity index (χ2n) is 9.72. The van der Waals surface area contributed by atoms with Crippen molar-refractivity contribution in [1.82, 2.24) is 4.90 Å². The zero-order valence-electron chi connectivity index (χ0n) is 21.3. The van der Waals surface area contributed by atoms with Crippen LogP contribution in [0.4, 0.5) is 4.39 Å². The van der Waals surface area contributed by atoms with Crippen LogP contribution in [-0.2, 0) is 6.54 Å². The Labute approximate surface area is 224 Å². The number of hydrogen-bond donors (Lipinski definition) is 0. The molecule has 1 atom stereocenters. The molecule has 0 bridgehead atoms. The highest BCUT2D eigenvalue weighted by molar-refractivity contribution is 6.31. The van der Waals surface area contributed by atoms with Crippen molar-refractivity contribution in [1.29, 1.82) is 0 Å². The van der Waals surface area contributed by atoms with Crippen LogP contribution in [0.5, 0.6) is 11.5 Å². The Kier molecular flexibility index (Phi) is 7.13. The summed E-state index contributed by atoms with van der Waals surface area (Å²) in [5.74, 6) is 0.724. The van der Waals surface area contributed by atoms with Crippen molar-refractivity contribution in [2.24, 2.45) is 5.92 Å². The van der Waals surface area contributed by atoms with E-state index in [1.165, 1.54) is 12.1 Å². The monoisotopic (exact) mass is 535 g/mol. The number of rotatable bonds is 8. The summed E-state index contributed by atoms with van der Waals surface area (Å²) in [6.45, 7) is 4.91. The van der Waals surface area contributed by atoms with E-state index >= 15 is 0 Å². The third kappa shape index (κ3) is 4.86. The second kappa shape index (κ2) is 10.5. The molecule has 1 unspecified atom stereocenters. The van der Waals surface area contributed by atoms with Gasteiger partial charge in [-0.1, -0.05) is 43.6 Å². The van der Waals surface area contributed by atoms with Crippen LogP contribution in [0, 0.1) is 11.7 Å². The first-order valence-corrected chi connectivity index (χ1v) is 12.8. The van der Waals surface area contributed by atoms with Crippen LogP contribution in [0.3, 0.4) is 0 Å². The topological polar surface area (TPSA) is 69.0 Å². The molecule has 0 fully saturated rings. The number of methoxy groups -OCH3 is 1. The number of fused-ring (bicyclic) bond motifs is 2. The number of benzene rings is 3. The van der Waals surface area contributed by atoms with Gasteiger partial charge in [0.25, 0.3) is 5.91 Å². The lowest BCUT2D eigenvalue weighted by atomic mass is 9.97. The van der Waals surface area contributed by atoms with Gasteiger partial charge in [-0.15, -0.1) is 0 Å². The predicted octanol–water partition coefficient (Wildman–Crippen LogP) is 6.76. The van der Waals surface area contributed by atoms with E-state index in [1.807, 2.05) is 6.07 Å². The van der Waals surface area contributed by atoms with Crippen molar-refractivity contribution in [3.63, 3.8) is 0 Å². The molecular formula is C30H27ClFNO5. The summed E-state index contributed by atoms with van der Waals surface area (Å²) >= 11 is 6.17. The molecule has 0 aliphatic carbocycles. The van der Waals surface area contributed by atoms with E-state index < -0.39 is 11.9 Å². The molecule has 0 radical (unpaired) electrons. The Hall–Kier alpha value is -3.84. The number of halogens is 2. The van der Waals surface area contributed by atoms with Crippen molar-refractivity contribution in [3.05, 3.63) is 104 Å². The molecule has 4 aromatic rings. The Bertz CT molecular complexity index is 1560. The fourth-order valence-electron chi connectivity index (χ4n) is 4.67. The van der Waals surface area contributed by atoms with Crippen LogP contribution in [0.2, 0.25) is 5.02 Å². The van der Waals surface area contributed by atoms with Crippen LogP contribution in [0.1, 0.15) is 53.6 Å². The average Bonchev–Trinajstić information content (AvgIpc) is 3.17. The molecule has 0 saturated carbocycles. The number of carbonyl (C=O) groups excluding carboxylic acids is 1. The van der Waals surface area contributed by atoms with E-state index in [0.29, 0.717) is 45.6 Å². The number of carbonyl (C=O) groups is 1. The molecule has 0 saturated heterocycles. The van der Waals surface area contributed by atoms with E-state index in [0.717, 1.165) is 6.42 Å². The highest BCUT2D eigenvalue weighted by Crippen LogP contribution is 2.42. The van der Waals surface area contributed by atoms with Crippen LogP contribution in [0.25, 0.3) is 11.0 Å². The molecule has 1 aromatic heterocycles.